The minimum atomic E-state index is -1.06. The average molecular weight is 304 g/mol. The Morgan fingerprint density at radius 3 is 2.63 bits per heavy atom. The highest BCUT2D eigenvalue weighted by Crippen LogP contribution is 2.30. The van der Waals surface area contributed by atoms with E-state index in [0.717, 1.165) is 30.8 Å². The van der Waals surface area contributed by atoms with Crippen LogP contribution in [0.4, 0.5) is 5.13 Å². The average Bonchev–Trinajstić information content (AvgIpc) is 2.59. The van der Waals surface area contributed by atoms with Crippen LogP contribution in [0.2, 0.25) is 5.15 Å². The van der Waals surface area contributed by atoms with E-state index < -0.39 is 5.97 Å². The lowest BCUT2D eigenvalue weighted by Gasteiger charge is -2.20. The van der Waals surface area contributed by atoms with Crippen LogP contribution in [0.25, 0.3) is 0 Å². The molecule has 1 aromatic rings. The Morgan fingerprint density at radius 1 is 1.32 bits per heavy atom. The van der Waals surface area contributed by atoms with Gasteiger partial charge >= 0.3 is 5.97 Å². The number of anilines is 1. The van der Waals surface area contributed by atoms with E-state index >= 15 is 0 Å². The maximum atomic E-state index is 11.3. The van der Waals surface area contributed by atoms with Gasteiger partial charge in [-0.2, -0.15) is 0 Å². The fraction of sp³-hybridized carbons (Fsp3) is 0.545. The van der Waals surface area contributed by atoms with Crippen molar-refractivity contribution in [2.45, 2.75) is 13.3 Å². The number of carboxylic acids is 1. The van der Waals surface area contributed by atoms with Gasteiger partial charge in [-0.05, 0) is 6.42 Å². The first-order chi connectivity index (χ1) is 8.99. The van der Waals surface area contributed by atoms with Crippen LogP contribution in [0.5, 0.6) is 0 Å². The van der Waals surface area contributed by atoms with Crippen LogP contribution in [-0.4, -0.2) is 53.0 Å². The van der Waals surface area contributed by atoms with Crippen molar-refractivity contribution in [3.63, 3.8) is 0 Å². The molecule has 8 heteroatoms. The number of aromatic nitrogens is 1. The molecule has 1 fully saturated rings. The molecule has 0 unspecified atom stereocenters. The molecular weight excluding hydrogens is 290 g/mol. The number of hydrogen-bond acceptors (Lipinski definition) is 5. The van der Waals surface area contributed by atoms with E-state index in [-0.39, 0.29) is 15.9 Å². The summed E-state index contributed by atoms with van der Waals surface area (Å²) in [7, 11) is 0. The van der Waals surface area contributed by atoms with Crippen molar-refractivity contribution in [3.8, 4) is 0 Å². The molecule has 1 saturated heterocycles. The number of halogens is 1. The van der Waals surface area contributed by atoms with E-state index in [1.165, 1.54) is 0 Å². The van der Waals surface area contributed by atoms with Crippen LogP contribution in [0.1, 0.15) is 23.0 Å². The van der Waals surface area contributed by atoms with Crippen molar-refractivity contribution in [3.05, 3.63) is 10.0 Å². The smallest absolute Gasteiger partial charge is 0.349 e. The van der Waals surface area contributed by atoms with Gasteiger partial charge in [-0.1, -0.05) is 22.9 Å². The van der Waals surface area contributed by atoms with Crippen molar-refractivity contribution < 1.29 is 14.7 Å². The standard InChI is InChI=1S/C11H14ClN3O3S/c1-7(16)14-3-2-4-15(6-5-14)11-13-9(12)8(19-11)10(17)18/h2-6H2,1H3,(H,17,18). The number of aromatic carboxylic acids is 1. The molecule has 19 heavy (non-hydrogen) atoms. The Balaban J connectivity index is 2.12. The van der Waals surface area contributed by atoms with Gasteiger partial charge in [0.05, 0.1) is 0 Å². The summed E-state index contributed by atoms with van der Waals surface area (Å²) >= 11 is 6.88. The molecule has 1 aromatic heterocycles. The Hall–Kier alpha value is -1.34. The molecule has 0 saturated carbocycles. The van der Waals surface area contributed by atoms with Crippen LogP contribution in [0.15, 0.2) is 0 Å². The molecular formula is C11H14ClN3O3S. The summed E-state index contributed by atoms with van der Waals surface area (Å²) in [6, 6.07) is 0. The molecule has 0 aromatic carbocycles. The predicted octanol–water partition coefficient (Wildman–Crippen LogP) is 1.55. The Bertz CT molecular complexity index is 505. The Morgan fingerprint density at radius 2 is 2.05 bits per heavy atom. The van der Waals surface area contributed by atoms with E-state index in [2.05, 4.69) is 4.98 Å². The molecule has 6 nitrogen and oxygen atoms in total. The van der Waals surface area contributed by atoms with Crippen LogP contribution < -0.4 is 4.90 Å². The van der Waals surface area contributed by atoms with E-state index in [0.29, 0.717) is 18.2 Å². The highest BCUT2D eigenvalue weighted by molar-refractivity contribution is 7.18. The number of carboxylic acid groups (broad SMARTS) is 1. The lowest BCUT2D eigenvalue weighted by molar-refractivity contribution is -0.128. The summed E-state index contributed by atoms with van der Waals surface area (Å²) in [6.07, 6.45) is 0.833. The SMILES string of the molecule is CC(=O)N1CCCN(c2nc(Cl)c(C(=O)O)s2)CC1. The fourth-order valence-corrected chi connectivity index (χ4v) is 3.16. The number of thiazole rings is 1. The van der Waals surface area contributed by atoms with E-state index in [9.17, 15) is 9.59 Å². The quantitative estimate of drug-likeness (QED) is 0.897. The normalized spacial score (nSPS) is 16.3. The zero-order chi connectivity index (χ0) is 14.0. The summed E-state index contributed by atoms with van der Waals surface area (Å²) in [5, 5.41) is 9.59. The topological polar surface area (TPSA) is 73.7 Å². The van der Waals surface area contributed by atoms with Crippen molar-refractivity contribution >= 4 is 39.9 Å². The second kappa shape index (κ2) is 5.75. The lowest BCUT2D eigenvalue weighted by Crippen LogP contribution is -2.33. The predicted molar refractivity (Wildman–Crippen MR) is 73.2 cm³/mol. The first kappa shape index (κ1) is 14.1. The Kier molecular flexibility index (Phi) is 4.26. The van der Waals surface area contributed by atoms with Gasteiger partial charge in [0.1, 0.15) is 0 Å². The van der Waals surface area contributed by atoms with Crippen LogP contribution in [0.3, 0.4) is 0 Å². The number of nitrogens with zero attached hydrogens (tertiary/aromatic N) is 3. The molecule has 1 amide bonds. The van der Waals surface area contributed by atoms with Gasteiger partial charge in [-0.3, -0.25) is 4.79 Å². The summed E-state index contributed by atoms with van der Waals surface area (Å²) in [4.78, 5) is 30.2. The van der Waals surface area contributed by atoms with Crippen molar-refractivity contribution in [2.24, 2.45) is 0 Å². The monoisotopic (exact) mass is 303 g/mol. The van der Waals surface area contributed by atoms with Gasteiger partial charge < -0.3 is 14.9 Å². The molecule has 1 aliphatic heterocycles. The molecule has 0 aliphatic carbocycles. The van der Waals surface area contributed by atoms with Crippen LogP contribution >= 0.6 is 22.9 Å². The zero-order valence-electron chi connectivity index (χ0n) is 10.4. The van der Waals surface area contributed by atoms with Crippen molar-refractivity contribution in [1.29, 1.82) is 0 Å². The molecule has 0 atom stereocenters. The number of carbonyl (C=O) groups excluding carboxylic acids is 1. The second-order valence-corrected chi connectivity index (χ2v) is 5.60. The molecule has 104 valence electrons. The molecule has 0 spiro atoms. The molecule has 1 N–H and O–H groups in total. The van der Waals surface area contributed by atoms with E-state index in [4.69, 9.17) is 16.7 Å². The summed E-state index contributed by atoms with van der Waals surface area (Å²) < 4.78 is 0. The maximum Gasteiger partial charge on any atom is 0.349 e. The summed E-state index contributed by atoms with van der Waals surface area (Å²) in [6.45, 7) is 4.28. The number of hydrogen-bond donors (Lipinski definition) is 1. The number of rotatable bonds is 2. The summed E-state index contributed by atoms with van der Waals surface area (Å²) in [5.41, 5.74) is 0. The third-order valence-electron chi connectivity index (χ3n) is 2.98. The fourth-order valence-electron chi connectivity index (χ4n) is 1.98. The minimum Gasteiger partial charge on any atom is -0.477 e. The first-order valence-corrected chi connectivity index (χ1v) is 7.08. The third-order valence-corrected chi connectivity index (χ3v) is 4.47. The number of amides is 1. The second-order valence-electron chi connectivity index (χ2n) is 4.27. The largest absolute Gasteiger partial charge is 0.477 e. The third kappa shape index (κ3) is 3.16. The van der Waals surface area contributed by atoms with Gasteiger partial charge in [0.25, 0.3) is 0 Å². The first-order valence-electron chi connectivity index (χ1n) is 5.89. The van der Waals surface area contributed by atoms with Crippen molar-refractivity contribution in [1.82, 2.24) is 9.88 Å². The minimum absolute atomic E-state index is 0.0279. The van der Waals surface area contributed by atoms with Gasteiger partial charge in [-0.15, -0.1) is 0 Å². The summed E-state index contributed by atoms with van der Waals surface area (Å²) in [5.74, 6) is -1.00. The van der Waals surface area contributed by atoms with Crippen molar-refractivity contribution in [2.75, 3.05) is 31.1 Å². The maximum absolute atomic E-state index is 11.3. The molecule has 0 bridgehead atoms. The molecule has 2 heterocycles. The van der Waals surface area contributed by atoms with E-state index in [1.807, 2.05) is 4.90 Å². The van der Waals surface area contributed by atoms with Gasteiger partial charge in [-0.25, -0.2) is 9.78 Å². The molecule has 0 radical (unpaired) electrons. The highest BCUT2D eigenvalue weighted by atomic mass is 35.5. The van der Waals surface area contributed by atoms with Gasteiger partial charge in [0.15, 0.2) is 15.2 Å². The molecule has 1 aliphatic rings. The zero-order valence-corrected chi connectivity index (χ0v) is 12.0. The Labute approximate surface area is 119 Å². The van der Waals surface area contributed by atoms with Gasteiger partial charge in [0, 0.05) is 33.1 Å². The molecule has 2 rings (SSSR count). The number of carbonyl (C=O) groups is 2. The van der Waals surface area contributed by atoms with Gasteiger partial charge in [0.2, 0.25) is 5.91 Å². The van der Waals surface area contributed by atoms with E-state index in [1.54, 1.807) is 11.8 Å². The highest BCUT2D eigenvalue weighted by Gasteiger charge is 2.22. The van der Waals surface area contributed by atoms with Crippen LogP contribution in [-0.2, 0) is 4.79 Å². The lowest BCUT2D eigenvalue weighted by atomic mass is 10.4. The van der Waals surface area contributed by atoms with Crippen LogP contribution in [0, 0.1) is 0 Å².